The van der Waals surface area contributed by atoms with Crippen LogP contribution in [0, 0.1) is 5.41 Å². The number of piperidine rings is 1. The molecule has 0 radical (unpaired) electrons. The van der Waals surface area contributed by atoms with Crippen molar-refractivity contribution in [3.8, 4) is 0 Å². The molecule has 3 unspecified atom stereocenters. The standard InChI is InChI=1S/C17H21NO3/c1-2-13-10-17(8-9-21-13)11-14(19)18-16(20)15(17)12-6-4-3-5-7-12/h3-7,13,15H,2,8-11H2,1H3,(H,18,19,20). The van der Waals surface area contributed by atoms with Gasteiger partial charge in [0.1, 0.15) is 0 Å². The zero-order valence-electron chi connectivity index (χ0n) is 12.3. The molecule has 2 heterocycles. The van der Waals surface area contributed by atoms with Crippen LogP contribution in [-0.4, -0.2) is 24.5 Å². The molecule has 0 bridgehead atoms. The molecule has 3 rings (SSSR count). The van der Waals surface area contributed by atoms with Gasteiger partial charge in [-0.3, -0.25) is 14.9 Å². The Morgan fingerprint density at radius 1 is 1.29 bits per heavy atom. The normalized spacial score (nSPS) is 33.0. The monoisotopic (exact) mass is 287 g/mol. The number of ether oxygens (including phenoxy) is 1. The molecular weight excluding hydrogens is 266 g/mol. The number of hydrogen-bond donors (Lipinski definition) is 1. The molecule has 0 saturated carbocycles. The number of rotatable bonds is 2. The van der Waals surface area contributed by atoms with Crippen LogP contribution >= 0.6 is 0 Å². The summed E-state index contributed by atoms with van der Waals surface area (Å²) in [6.07, 6.45) is 3.02. The molecule has 1 spiro atoms. The van der Waals surface area contributed by atoms with Crippen LogP contribution in [0.3, 0.4) is 0 Å². The van der Waals surface area contributed by atoms with Crippen LogP contribution < -0.4 is 5.32 Å². The third kappa shape index (κ3) is 2.60. The maximum atomic E-state index is 12.5. The highest BCUT2D eigenvalue weighted by Gasteiger charge is 2.51. The molecule has 21 heavy (non-hydrogen) atoms. The van der Waals surface area contributed by atoms with E-state index in [1.165, 1.54) is 0 Å². The minimum absolute atomic E-state index is 0.142. The van der Waals surface area contributed by atoms with E-state index in [1.54, 1.807) is 0 Å². The number of benzene rings is 1. The summed E-state index contributed by atoms with van der Waals surface area (Å²) in [6, 6.07) is 9.81. The fraction of sp³-hybridized carbons (Fsp3) is 0.529. The van der Waals surface area contributed by atoms with Crippen molar-refractivity contribution in [2.45, 2.75) is 44.6 Å². The molecular formula is C17H21NO3. The van der Waals surface area contributed by atoms with E-state index in [0.29, 0.717) is 13.0 Å². The molecule has 2 amide bonds. The third-order valence-electron chi connectivity index (χ3n) is 4.83. The summed E-state index contributed by atoms with van der Waals surface area (Å²) in [6.45, 7) is 2.72. The highest BCUT2D eigenvalue weighted by Crippen LogP contribution is 2.50. The summed E-state index contributed by atoms with van der Waals surface area (Å²) in [5, 5.41) is 2.51. The second-order valence-corrected chi connectivity index (χ2v) is 6.15. The van der Waals surface area contributed by atoms with Crippen LogP contribution in [0.1, 0.15) is 44.1 Å². The predicted octanol–water partition coefficient (Wildman–Crippen LogP) is 2.39. The van der Waals surface area contributed by atoms with Gasteiger partial charge in [-0.2, -0.15) is 0 Å². The van der Waals surface area contributed by atoms with Gasteiger partial charge in [0.05, 0.1) is 12.0 Å². The lowest BCUT2D eigenvalue weighted by Gasteiger charge is -2.47. The van der Waals surface area contributed by atoms with Crippen molar-refractivity contribution < 1.29 is 14.3 Å². The Morgan fingerprint density at radius 2 is 2.05 bits per heavy atom. The number of hydrogen-bond acceptors (Lipinski definition) is 3. The van der Waals surface area contributed by atoms with Crippen molar-refractivity contribution in [1.82, 2.24) is 5.32 Å². The van der Waals surface area contributed by atoms with Crippen molar-refractivity contribution in [2.24, 2.45) is 5.41 Å². The Kier molecular flexibility index (Phi) is 3.81. The van der Waals surface area contributed by atoms with E-state index in [0.717, 1.165) is 24.8 Å². The summed E-state index contributed by atoms with van der Waals surface area (Å²) in [5.74, 6) is -0.563. The lowest BCUT2D eigenvalue weighted by Crippen LogP contribution is -2.53. The fourth-order valence-corrected chi connectivity index (χ4v) is 3.83. The SMILES string of the molecule is CCC1CC2(CCO1)CC(=O)NC(=O)C2c1ccccc1. The second kappa shape index (κ2) is 5.60. The van der Waals surface area contributed by atoms with Crippen LogP contribution in [0.5, 0.6) is 0 Å². The Morgan fingerprint density at radius 3 is 2.76 bits per heavy atom. The Balaban J connectivity index is 2.00. The molecule has 2 saturated heterocycles. The molecule has 1 aromatic carbocycles. The molecule has 3 atom stereocenters. The van der Waals surface area contributed by atoms with E-state index in [2.05, 4.69) is 12.2 Å². The molecule has 1 aromatic rings. The topological polar surface area (TPSA) is 55.4 Å². The van der Waals surface area contributed by atoms with Gasteiger partial charge in [0.15, 0.2) is 0 Å². The number of nitrogens with one attached hydrogen (secondary N) is 1. The molecule has 4 heteroatoms. The minimum Gasteiger partial charge on any atom is -0.378 e. The second-order valence-electron chi connectivity index (χ2n) is 6.15. The van der Waals surface area contributed by atoms with E-state index in [1.807, 2.05) is 30.3 Å². The smallest absolute Gasteiger partial charge is 0.234 e. The van der Waals surface area contributed by atoms with Crippen LogP contribution in [0.4, 0.5) is 0 Å². The lowest BCUT2D eigenvalue weighted by molar-refractivity contribution is -0.147. The molecule has 2 aliphatic rings. The van der Waals surface area contributed by atoms with Gasteiger partial charge in [0, 0.05) is 13.0 Å². The summed E-state index contributed by atoms with van der Waals surface area (Å²) in [7, 11) is 0. The Hall–Kier alpha value is -1.68. The van der Waals surface area contributed by atoms with Crippen molar-refractivity contribution in [3.05, 3.63) is 35.9 Å². The van der Waals surface area contributed by atoms with Crippen molar-refractivity contribution >= 4 is 11.8 Å². The van der Waals surface area contributed by atoms with E-state index >= 15 is 0 Å². The van der Waals surface area contributed by atoms with Gasteiger partial charge in [0.2, 0.25) is 11.8 Å². The first-order valence-electron chi connectivity index (χ1n) is 7.65. The third-order valence-corrected chi connectivity index (χ3v) is 4.83. The molecule has 0 aromatic heterocycles. The molecule has 2 aliphatic heterocycles. The van der Waals surface area contributed by atoms with E-state index in [9.17, 15) is 9.59 Å². The van der Waals surface area contributed by atoms with Crippen molar-refractivity contribution in [3.63, 3.8) is 0 Å². The van der Waals surface area contributed by atoms with Crippen LogP contribution in [-0.2, 0) is 14.3 Å². The Labute approximate surface area is 124 Å². The maximum absolute atomic E-state index is 12.5. The van der Waals surface area contributed by atoms with Gasteiger partial charge in [-0.15, -0.1) is 0 Å². The lowest BCUT2D eigenvalue weighted by atomic mass is 9.61. The summed E-state index contributed by atoms with van der Waals surface area (Å²) in [5.41, 5.74) is 0.707. The fourth-order valence-electron chi connectivity index (χ4n) is 3.83. The van der Waals surface area contributed by atoms with E-state index in [-0.39, 0.29) is 29.3 Å². The molecule has 0 aliphatic carbocycles. The van der Waals surface area contributed by atoms with Gasteiger partial charge < -0.3 is 4.74 Å². The van der Waals surface area contributed by atoms with Gasteiger partial charge in [0.25, 0.3) is 0 Å². The number of imide groups is 1. The van der Waals surface area contributed by atoms with E-state index in [4.69, 9.17) is 4.74 Å². The first kappa shape index (κ1) is 14.3. The predicted molar refractivity (Wildman–Crippen MR) is 78.6 cm³/mol. The van der Waals surface area contributed by atoms with Crippen LogP contribution in [0.2, 0.25) is 0 Å². The van der Waals surface area contributed by atoms with Crippen molar-refractivity contribution in [2.75, 3.05) is 6.61 Å². The number of carbonyl (C=O) groups is 2. The average Bonchev–Trinajstić information content (AvgIpc) is 2.47. The van der Waals surface area contributed by atoms with Gasteiger partial charge in [-0.1, -0.05) is 37.3 Å². The molecule has 112 valence electrons. The Bertz CT molecular complexity index is 542. The quantitative estimate of drug-likeness (QED) is 0.850. The van der Waals surface area contributed by atoms with Crippen LogP contribution in [0.25, 0.3) is 0 Å². The summed E-state index contributed by atoms with van der Waals surface area (Å²) >= 11 is 0. The molecule has 1 N–H and O–H groups in total. The van der Waals surface area contributed by atoms with E-state index < -0.39 is 0 Å². The van der Waals surface area contributed by atoms with Crippen LogP contribution in [0.15, 0.2) is 30.3 Å². The highest BCUT2D eigenvalue weighted by atomic mass is 16.5. The maximum Gasteiger partial charge on any atom is 0.234 e. The minimum atomic E-state index is -0.292. The average molecular weight is 287 g/mol. The van der Waals surface area contributed by atoms with Crippen molar-refractivity contribution in [1.29, 1.82) is 0 Å². The molecule has 2 fully saturated rings. The first-order chi connectivity index (χ1) is 10.1. The van der Waals surface area contributed by atoms with Gasteiger partial charge in [-0.05, 0) is 30.2 Å². The zero-order chi connectivity index (χ0) is 14.9. The number of carbonyl (C=O) groups excluding carboxylic acids is 2. The first-order valence-corrected chi connectivity index (χ1v) is 7.65. The van der Waals surface area contributed by atoms with Gasteiger partial charge in [-0.25, -0.2) is 0 Å². The molecule has 4 nitrogen and oxygen atoms in total. The summed E-state index contributed by atoms with van der Waals surface area (Å²) < 4.78 is 5.77. The summed E-state index contributed by atoms with van der Waals surface area (Å²) in [4.78, 5) is 24.4. The highest BCUT2D eigenvalue weighted by molar-refractivity contribution is 6.02. The zero-order valence-corrected chi connectivity index (χ0v) is 12.3. The van der Waals surface area contributed by atoms with Gasteiger partial charge >= 0.3 is 0 Å². The largest absolute Gasteiger partial charge is 0.378 e. The number of amides is 2.